The van der Waals surface area contributed by atoms with E-state index in [2.05, 4.69) is 0 Å². The molecule has 0 radical (unpaired) electrons. The molecule has 2 rings (SSSR count). The van der Waals surface area contributed by atoms with Crippen LogP contribution in [-0.4, -0.2) is 35.0 Å². The highest BCUT2D eigenvalue weighted by Gasteiger charge is 2.15. The smallest absolute Gasteiger partial charge is 0.306 e. The summed E-state index contributed by atoms with van der Waals surface area (Å²) in [6.07, 6.45) is -0.0191. The second kappa shape index (κ2) is 11.2. The molecule has 0 aliphatic heterocycles. The Bertz CT molecular complexity index is 853. The summed E-state index contributed by atoms with van der Waals surface area (Å²) in [6, 6.07) is 12.3. The van der Waals surface area contributed by atoms with Crippen molar-refractivity contribution in [3.8, 4) is 0 Å². The van der Waals surface area contributed by atoms with Crippen LogP contribution in [-0.2, 0) is 31.9 Å². The Morgan fingerprint density at radius 1 is 0.700 bits per heavy atom. The van der Waals surface area contributed by atoms with Crippen molar-refractivity contribution in [1.82, 2.24) is 0 Å². The molecule has 0 aromatic heterocycles. The number of hydrogen-bond donors (Lipinski definition) is 0. The van der Waals surface area contributed by atoms with Crippen molar-refractivity contribution in [3.05, 3.63) is 79.9 Å². The zero-order valence-electron chi connectivity index (χ0n) is 16.0. The van der Waals surface area contributed by atoms with Crippen molar-refractivity contribution in [3.63, 3.8) is 0 Å². The lowest BCUT2D eigenvalue weighted by Crippen LogP contribution is -2.13. The number of ether oxygens (including phenoxy) is 2. The van der Waals surface area contributed by atoms with Gasteiger partial charge in [-0.1, -0.05) is 36.4 Å². The SMILES string of the molecule is O=C(CCC(=O)OCCc1ccccc1[N+](=O)[O-])OCCc1ccccc1[N+](=O)[O-]. The summed E-state index contributed by atoms with van der Waals surface area (Å²) in [6.45, 7) is -0.0905. The van der Waals surface area contributed by atoms with Crippen LogP contribution in [0.25, 0.3) is 0 Å². The van der Waals surface area contributed by atoms with Gasteiger partial charge in [0, 0.05) is 36.1 Å². The van der Waals surface area contributed by atoms with Crippen molar-refractivity contribution < 1.29 is 28.9 Å². The first-order valence-electron chi connectivity index (χ1n) is 9.14. The van der Waals surface area contributed by atoms with Gasteiger partial charge in [0.1, 0.15) is 0 Å². The van der Waals surface area contributed by atoms with E-state index in [0.717, 1.165) is 0 Å². The summed E-state index contributed by atoms with van der Waals surface area (Å²) in [4.78, 5) is 44.3. The molecule has 30 heavy (non-hydrogen) atoms. The molecule has 10 heteroatoms. The average molecular weight is 416 g/mol. The number of esters is 2. The molecule has 0 heterocycles. The van der Waals surface area contributed by atoms with Crippen LogP contribution >= 0.6 is 0 Å². The molecule has 0 bridgehead atoms. The van der Waals surface area contributed by atoms with Crippen LogP contribution in [0.1, 0.15) is 24.0 Å². The van der Waals surface area contributed by atoms with E-state index in [1.807, 2.05) is 0 Å². The van der Waals surface area contributed by atoms with E-state index in [0.29, 0.717) is 11.1 Å². The minimum Gasteiger partial charge on any atom is -0.465 e. The predicted octanol–water partition coefficient (Wildman–Crippen LogP) is 3.15. The van der Waals surface area contributed by atoms with Gasteiger partial charge in [-0.05, 0) is 0 Å². The maximum Gasteiger partial charge on any atom is 0.306 e. The van der Waals surface area contributed by atoms with E-state index in [1.54, 1.807) is 36.4 Å². The van der Waals surface area contributed by atoms with Gasteiger partial charge in [0.05, 0.1) is 35.9 Å². The topological polar surface area (TPSA) is 139 Å². The third-order valence-electron chi connectivity index (χ3n) is 4.18. The van der Waals surface area contributed by atoms with Crippen LogP contribution in [0.3, 0.4) is 0 Å². The van der Waals surface area contributed by atoms with Crippen molar-refractivity contribution in [2.75, 3.05) is 13.2 Å². The molecule has 0 aliphatic rings. The van der Waals surface area contributed by atoms with Gasteiger partial charge >= 0.3 is 11.9 Å². The predicted molar refractivity (Wildman–Crippen MR) is 105 cm³/mol. The molecule has 2 aromatic carbocycles. The van der Waals surface area contributed by atoms with Crippen molar-refractivity contribution in [2.24, 2.45) is 0 Å². The summed E-state index contributed by atoms with van der Waals surface area (Å²) < 4.78 is 10.0. The summed E-state index contributed by atoms with van der Waals surface area (Å²) in [5.74, 6) is -1.24. The molecule has 0 aliphatic carbocycles. The monoisotopic (exact) mass is 416 g/mol. The fourth-order valence-electron chi connectivity index (χ4n) is 2.70. The summed E-state index contributed by atoms with van der Waals surface area (Å²) in [5.41, 5.74) is 0.806. The van der Waals surface area contributed by atoms with Crippen molar-refractivity contribution in [2.45, 2.75) is 25.7 Å². The normalized spacial score (nSPS) is 10.3. The van der Waals surface area contributed by atoms with Gasteiger partial charge in [0.15, 0.2) is 0 Å². The zero-order valence-corrected chi connectivity index (χ0v) is 16.0. The molecule has 0 spiro atoms. The highest BCUT2D eigenvalue weighted by atomic mass is 16.6. The number of carbonyl (C=O) groups is 2. The van der Waals surface area contributed by atoms with E-state index >= 15 is 0 Å². The van der Waals surface area contributed by atoms with Gasteiger partial charge in [-0.15, -0.1) is 0 Å². The summed E-state index contributed by atoms with van der Waals surface area (Å²) in [5, 5.41) is 21.9. The molecule has 0 unspecified atom stereocenters. The van der Waals surface area contributed by atoms with Crippen molar-refractivity contribution >= 4 is 23.3 Å². The summed E-state index contributed by atoms with van der Waals surface area (Å²) in [7, 11) is 0. The Balaban J connectivity index is 1.67. The molecule has 0 saturated heterocycles. The number of rotatable bonds is 11. The number of hydrogen-bond acceptors (Lipinski definition) is 8. The lowest BCUT2D eigenvalue weighted by atomic mass is 10.1. The number of nitro groups is 2. The van der Waals surface area contributed by atoms with E-state index in [4.69, 9.17) is 9.47 Å². The van der Waals surface area contributed by atoms with Crippen LogP contribution in [0.15, 0.2) is 48.5 Å². The largest absolute Gasteiger partial charge is 0.465 e. The maximum atomic E-state index is 11.7. The fourth-order valence-corrected chi connectivity index (χ4v) is 2.70. The molecule has 158 valence electrons. The van der Waals surface area contributed by atoms with E-state index in [1.165, 1.54) is 12.1 Å². The van der Waals surface area contributed by atoms with Crippen LogP contribution < -0.4 is 0 Å². The minimum absolute atomic E-state index is 0.0452. The first kappa shape index (κ1) is 22.5. The van der Waals surface area contributed by atoms with Crippen LogP contribution in [0.5, 0.6) is 0 Å². The standard InChI is InChI=1S/C20H20N2O8/c23-19(29-13-11-15-5-1-3-7-17(15)21(25)26)9-10-20(24)30-14-12-16-6-2-4-8-18(16)22(27)28/h1-8H,9-14H2. The number of carbonyl (C=O) groups excluding carboxylic acids is 2. The Labute approximate surface area is 171 Å². The van der Waals surface area contributed by atoms with Gasteiger partial charge in [-0.3, -0.25) is 29.8 Å². The van der Waals surface area contributed by atoms with Crippen molar-refractivity contribution in [1.29, 1.82) is 0 Å². The lowest BCUT2D eigenvalue weighted by Gasteiger charge is -2.07. The Morgan fingerprint density at radius 2 is 1.07 bits per heavy atom. The van der Waals surface area contributed by atoms with Gasteiger partial charge < -0.3 is 9.47 Å². The van der Waals surface area contributed by atoms with Crippen LogP contribution in [0, 0.1) is 20.2 Å². The second-order valence-corrected chi connectivity index (χ2v) is 6.21. The van der Waals surface area contributed by atoms with Gasteiger partial charge in [0.2, 0.25) is 0 Å². The minimum atomic E-state index is -0.621. The molecular formula is C20H20N2O8. The van der Waals surface area contributed by atoms with Gasteiger partial charge in [-0.25, -0.2) is 0 Å². The zero-order chi connectivity index (χ0) is 21.9. The highest BCUT2D eigenvalue weighted by molar-refractivity contribution is 5.77. The van der Waals surface area contributed by atoms with Gasteiger partial charge in [0.25, 0.3) is 11.4 Å². The molecule has 0 atom stereocenters. The average Bonchev–Trinajstić information content (AvgIpc) is 2.72. The van der Waals surface area contributed by atoms with E-state index < -0.39 is 21.8 Å². The third kappa shape index (κ3) is 6.97. The first-order chi connectivity index (χ1) is 14.4. The fraction of sp³-hybridized carbons (Fsp3) is 0.300. The molecule has 10 nitrogen and oxygen atoms in total. The second-order valence-electron chi connectivity index (χ2n) is 6.21. The molecular weight excluding hydrogens is 396 g/mol. The Morgan fingerprint density at radius 3 is 1.43 bits per heavy atom. The number of nitro benzene ring substituents is 2. The van der Waals surface area contributed by atoms with Crippen LogP contribution in [0.2, 0.25) is 0 Å². The third-order valence-corrected chi connectivity index (χ3v) is 4.18. The quantitative estimate of drug-likeness (QED) is 0.309. The number of nitrogens with zero attached hydrogens (tertiary/aromatic N) is 2. The number of benzene rings is 2. The first-order valence-corrected chi connectivity index (χ1v) is 9.14. The maximum absolute atomic E-state index is 11.7. The lowest BCUT2D eigenvalue weighted by molar-refractivity contribution is -0.385. The molecule has 0 saturated carbocycles. The Kier molecular flexibility index (Phi) is 8.42. The molecule has 0 amide bonds. The van der Waals surface area contributed by atoms with Crippen LogP contribution in [0.4, 0.5) is 11.4 Å². The summed E-state index contributed by atoms with van der Waals surface area (Å²) >= 11 is 0. The van der Waals surface area contributed by atoms with Gasteiger partial charge in [-0.2, -0.15) is 0 Å². The van der Waals surface area contributed by atoms with E-state index in [9.17, 15) is 29.8 Å². The van der Waals surface area contributed by atoms with E-state index in [-0.39, 0.29) is 50.3 Å². The highest BCUT2D eigenvalue weighted by Crippen LogP contribution is 2.19. The molecule has 0 N–H and O–H groups in total. The Hall–Kier alpha value is -3.82. The number of para-hydroxylation sites is 2. The molecule has 0 fully saturated rings. The molecule has 2 aromatic rings.